The lowest BCUT2D eigenvalue weighted by Crippen LogP contribution is -2.09. The van der Waals surface area contributed by atoms with Crippen molar-refractivity contribution in [2.24, 2.45) is 0 Å². The van der Waals surface area contributed by atoms with Crippen LogP contribution in [-0.2, 0) is 0 Å². The number of rotatable bonds is 3. The Kier molecular flexibility index (Phi) is 4.53. The van der Waals surface area contributed by atoms with Crippen LogP contribution < -0.4 is 5.56 Å². The van der Waals surface area contributed by atoms with Crippen LogP contribution >= 0.6 is 11.6 Å². The number of aromatic nitrogens is 1. The summed E-state index contributed by atoms with van der Waals surface area (Å²) >= 11 is 5.97. The molecular formula is C23H16ClNO2. The van der Waals surface area contributed by atoms with Crippen molar-refractivity contribution in [2.75, 3.05) is 0 Å². The molecule has 0 saturated carbocycles. The van der Waals surface area contributed by atoms with E-state index in [9.17, 15) is 9.90 Å². The van der Waals surface area contributed by atoms with Gasteiger partial charge in [-0.2, -0.15) is 0 Å². The second-order valence-electron chi connectivity index (χ2n) is 6.24. The number of benzene rings is 3. The quantitative estimate of drug-likeness (QED) is 0.451. The van der Waals surface area contributed by atoms with Crippen LogP contribution in [-0.4, -0.2) is 10.1 Å². The van der Waals surface area contributed by atoms with Crippen LogP contribution in [0.25, 0.3) is 34.2 Å². The van der Waals surface area contributed by atoms with E-state index in [-0.39, 0.29) is 16.9 Å². The fraction of sp³-hybridized carbons (Fsp3) is 0. The zero-order valence-corrected chi connectivity index (χ0v) is 15.1. The summed E-state index contributed by atoms with van der Waals surface area (Å²) in [5.74, 6) is -0.0467. The van der Waals surface area contributed by atoms with E-state index in [4.69, 9.17) is 11.6 Å². The number of halogens is 1. The van der Waals surface area contributed by atoms with Crippen molar-refractivity contribution < 1.29 is 5.11 Å². The summed E-state index contributed by atoms with van der Waals surface area (Å²) in [5, 5.41) is 11.7. The van der Waals surface area contributed by atoms with Gasteiger partial charge in [0.05, 0.1) is 11.1 Å². The van der Waals surface area contributed by atoms with Crippen molar-refractivity contribution in [1.82, 2.24) is 4.98 Å². The average Bonchev–Trinajstić information content (AvgIpc) is 2.67. The number of nitrogens with one attached hydrogen (secondary N) is 1. The van der Waals surface area contributed by atoms with Crippen LogP contribution in [0.4, 0.5) is 0 Å². The van der Waals surface area contributed by atoms with Crippen LogP contribution in [0.1, 0.15) is 11.1 Å². The van der Waals surface area contributed by atoms with Gasteiger partial charge in [0.15, 0.2) is 0 Å². The summed E-state index contributed by atoms with van der Waals surface area (Å²) in [5.41, 5.74) is 3.08. The zero-order chi connectivity index (χ0) is 18.8. The number of hydrogen-bond acceptors (Lipinski definition) is 2. The van der Waals surface area contributed by atoms with Crippen LogP contribution in [0.3, 0.4) is 0 Å². The third-order valence-electron chi connectivity index (χ3n) is 4.39. The monoisotopic (exact) mass is 373 g/mol. The van der Waals surface area contributed by atoms with Gasteiger partial charge in [-0.05, 0) is 41.0 Å². The minimum Gasteiger partial charge on any atom is -0.506 e. The minimum absolute atomic E-state index is 0.0467. The highest BCUT2D eigenvalue weighted by atomic mass is 35.5. The lowest BCUT2D eigenvalue weighted by Gasteiger charge is -2.08. The Morgan fingerprint density at radius 1 is 0.852 bits per heavy atom. The van der Waals surface area contributed by atoms with E-state index < -0.39 is 0 Å². The van der Waals surface area contributed by atoms with E-state index in [0.29, 0.717) is 21.5 Å². The molecule has 27 heavy (non-hydrogen) atoms. The van der Waals surface area contributed by atoms with Crippen LogP contribution in [0.15, 0.2) is 77.6 Å². The number of H-pyrrole nitrogens is 1. The molecule has 0 aliphatic carbocycles. The third kappa shape index (κ3) is 3.50. The number of fused-ring (bicyclic) bond motifs is 1. The molecule has 0 unspecified atom stereocenters. The molecule has 0 aliphatic rings. The van der Waals surface area contributed by atoms with E-state index in [0.717, 1.165) is 11.1 Å². The Bertz CT molecular complexity index is 1210. The minimum atomic E-state index is -0.355. The summed E-state index contributed by atoms with van der Waals surface area (Å²) in [4.78, 5) is 15.4. The maximum atomic E-state index is 12.6. The maximum Gasteiger partial charge on any atom is 0.260 e. The highest BCUT2D eigenvalue weighted by Gasteiger charge is 2.14. The topological polar surface area (TPSA) is 53.1 Å². The van der Waals surface area contributed by atoms with Gasteiger partial charge in [0.25, 0.3) is 5.56 Å². The van der Waals surface area contributed by atoms with Crippen LogP contribution in [0, 0.1) is 0 Å². The first-order valence-electron chi connectivity index (χ1n) is 8.50. The second kappa shape index (κ2) is 7.14. The molecule has 4 rings (SSSR count). The van der Waals surface area contributed by atoms with Crippen molar-refractivity contribution in [3.63, 3.8) is 0 Å². The molecule has 4 aromatic rings. The number of pyridine rings is 1. The van der Waals surface area contributed by atoms with Crippen LogP contribution in [0.5, 0.6) is 5.75 Å². The molecule has 0 radical (unpaired) electrons. The number of aromatic hydroxyl groups is 1. The molecular weight excluding hydrogens is 358 g/mol. The van der Waals surface area contributed by atoms with Crippen molar-refractivity contribution in [3.05, 3.63) is 99.3 Å². The first kappa shape index (κ1) is 17.1. The molecule has 2 N–H and O–H groups in total. The number of aromatic amines is 1. The standard InChI is InChI=1S/C23H16ClNO2/c24-18-11-12-19-20(14-18)25-23(27)21(22(19)26)17-8-4-7-16(13-17)10-9-15-5-2-1-3-6-15/h1-14H,(H2,25,26,27). The SMILES string of the molecule is O=c1[nH]c2cc(Cl)ccc2c(O)c1-c1cccc(C=Cc2ccccc2)c1. The van der Waals surface area contributed by atoms with Gasteiger partial charge >= 0.3 is 0 Å². The van der Waals surface area contributed by atoms with Gasteiger partial charge in [0.1, 0.15) is 5.75 Å². The van der Waals surface area contributed by atoms with Gasteiger partial charge in [0.2, 0.25) is 0 Å². The molecule has 0 saturated heterocycles. The molecule has 0 bridgehead atoms. The normalized spacial score (nSPS) is 11.3. The van der Waals surface area contributed by atoms with Crippen molar-refractivity contribution in [2.45, 2.75) is 0 Å². The zero-order valence-electron chi connectivity index (χ0n) is 14.3. The Morgan fingerprint density at radius 3 is 2.41 bits per heavy atom. The first-order valence-corrected chi connectivity index (χ1v) is 8.88. The van der Waals surface area contributed by atoms with Gasteiger partial charge in [0, 0.05) is 10.4 Å². The van der Waals surface area contributed by atoms with Gasteiger partial charge in [-0.15, -0.1) is 0 Å². The Hall–Kier alpha value is -3.30. The van der Waals surface area contributed by atoms with E-state index in [1.165, 1.54) is 0 Å². The van der Waals surface area contributed by atoms with Gasteiger partial charge in [-0.25, -0.2) is 0 Å². The van der Waals surface area contributed by atoms with E-state index in [1.54, 1.807) is 18.2 Å². The lowest BCUT2D eigenvalue weighted by molar-refractivity contribution is 0.482. The predicted molar refractivity (Wildman–Crippen MR) is 112 cm³/mol. The van der Waals surface area contributed by atoms with E-state index in [1.807, 2.05) is 66.7 Å². The second-order valence-corrected chi connectivity index (χ2v) is 6.67. The van der Waals surface area contributed by atoms with Crippen molar-refractivity contribution in [3.8, 4) is 16.9 Å². The molecule has 3 aromatic carbocycles. The molecule has 0 aliphatic heterocycles. The molecule has 0 fully saturated rings. The smallest absolute Gasteiger partial charge is 0.260 e. The molecule has 0 atom stereocenters. The van der Waals surface area contributed by atoms with Gasteiger partial charge in [-0.1, -0.05) is 72.3 Å². The van der Waals surface area contributed by atoms with Gasteiger partial charge < -0.3 is 10.1 Å². The predicted octanol–water partition coefficient (Wildman–Crippen LogP) is 5.72. The van der Waals surface area contributed by atoms with Crippen molar-refractivity contribution >= 4 is 34.7 Å². The molecule has 1 heterocycles. The fourth-order valence-electron chi connectivity index (χ4n) is 3.08. The highest BCUT2D eigenvalue weighted by molar-refractivity contribution is 6.31. The molecule has 4 heteroatoms. The molecule has 132 valence electrons. The Morgan fingerprint density at radius 2 is 1.59 bits per heavy atom. The maximum absolute atomic E-state index is 12.6. The summed E-state index contributed by atoms with van der Waals surface area (Å²) in [6.45, 7) is 0. The largest absolute Gasteiger partial charge is 0.506 e. The molecule has 3 nitrogen and oxygen atoms in total. The highest BCUT2D eigenvalue weighted by Crippen LogP contribution is 2.33. The summed E-state index contributed by atoms with van der Waals surface area (Å²) in [6.07, 6.45) is 3.98. The Balaban J connectivity index is 1.79. The summed E-state index contributed by atoms with van der Waals surface area (Å²) in [7, 11) is 0. The number of hydrogen-bond donors (Lipinski definition) is 2. The fourth-order valence-corrected chi connectivity index (χ4v) is 3.25. The first-order chi connectivity index (χ1) is 13.1. The Labute approximate surface area is 161 Å². The average molecular weight is 374 g/mol. The third-order valence-corrected chi connectivity index (χ3v) is 4.63. The molecule has 1 aromatic heterocycles. The lowest BCUT2D eigenvalue weighted by atomic mass is 10.0. The molecule has 0 spiro atoms. The van der Waals surface area contributed by atoms with Gasteiger partial charge in [-0.3, -0.25) is 4.79 Å². The summed E-state index contributed by atoms with van der Waals surface area (Å²) in [6, 6.07) is 22.5. The van der Waals surface area contributed by atoms with Crippen molar-refractivity contribution in [1.29, 1.82) is 0 Å². The van der Waals surface area contributed by atoms with E-state index in [2.05, 4.69) is 4.98 Å². The van der Waals surface area contributed by atoms with E-state index >= 15 is 0 Å². The summed E-state index contributed by atoms with van der Waals surface area (Å²) < 4.78 is 0. The molecule has 0 amide bonds. The van der Waals surface area contributed by atoms with Crippen LogP contribution in [0.2, 0.25) is 5.02 Å².